The zero-order chi connectivity index (χ0) is 17.7. The van der Waals surface area contributed by atoms with E-state index in [1.54, 1.807) is 37.3 Å². The molecule has 2 aromatic carbocycles. The molecule has 0 aliphatic heterocycles. The highest BCUT2D eigenvalue weighted by molar-refractivity contribution is 8.00. The lowest BCUT2D eigenvalue weighted by atomic mass is 10.2. The van der Waals surface area contributed by atoms with Crippen LogP contribution < -0.4 is 10.1 Å². The molecule has 1 atom stereocenters. The summed E-state index contributed by atoms with van der Waals surface area (Å²) in [4.78, 5) is 12.6. The van der Waals surface area contributed by atoms with Crippen molar-refractivity contribution in [2.45, 2.75) is 23.2 Å². The SMILES string of the molecule is COc1cccc(NC(=O)[C@@H](C)Sc2cccc(C(F)(F)F)c2)c1. The first-order valence-electron chi connectivity index (χ1n) is 7.08. The van der Waals surface area contributed by atoms with Crippen LogP contribution in [-0.4, -0.2) is 18.3 Å². The maximum Gasteiger partial charge on any atom is 0.416 e. The number of rotatable bonds is 5. The van der Waals surface area contributed by atoms with E-state index in [4.69, 9.17) is 4.74 Å². The second kappa shape index (κ2) is 7.61. The molecule has 1 N–H and O–H groups in total. The summed E-state index contributed by atoms with van der Waals surface area (Å²) in [5.74, 6) is 0.302. The second-order valence-electron chi connectivity index (χ2n) is 5.01. The Balaban J connectivity index is 2.03. The van der Waals surface area contributed by atoms with E-state index in [2.05, 4.69) is 5.32 Å². The summed E-state index contributed by atoms with van der Waals surface area (Å²) in [5.41, 5.74) is -0.163. The third kappa shape index (κ3) is 4.92. The molecule has 0 heterocycles. The van der Waals surface area contributed by atoms with Gasteiger partial charge < -0.3 is 10.1 Å². The molecular formula is C17H16F3NO2S. The van der Waals surface area contributed by atoms with Crippen LogP contribution in [0.3, 0.4) is 0 Å². The fourth-order valence-electron chi connectivity index (χ4n) is 1.95. The van der Waals surface area contributed by atoms with Crippen molar-refractivity contribution in [3.63, 3.8) is 0 Å². The molecular weight excluding hydrogens is 339 g/mol. The van der Waals surface area contributed by atoms with Crippen LogP contribution in [0.1, 0.15) is 12.5 Å². The average molecular weight is 355 g/mol. The first-order chi connectivity index (χ1) is 11.3. The van der Waals surface area contributed by atoms with Crippen LogP contribution in [-0.2, 0) is 11.0 Å². The van der Waals surface area contributed by atoms with Gasteiger partial charge in [-0.2, -0.15) is 13.2 Å². The monoisotopic (exact) mass is 355 g/mol. The van der Waals surface area contributed by atoms with Gasteiger partial charge in [0.25, 0.3) is 0 Å². The third-order valence-electron chi connectivity index (χ3n) is 3.18. The average Bonchev–Trinajstić information content (AvgIpc) is 2.54. The highest BCUT2D eigenvalue weighted by Crippen LogP contribution is 2.33. The number of carbonyl (C=O) groups excluding carboxylic acids is 1. The third-order valence-corrected chi connectivity index (χ3v) is 4.27. The van der Waals surface area contributed by atoms with Crippen molar-refractivity contribution in [2.24, 2.45) is 0 Å². The standard InChI is InChI=1S/C17H16F3NO2S/c1-11(16(22)21-13-6-4-7-14(10-13)23-2)24-15-8-3-5-12(9-15)17(18,19)20/h3-11H,1-2H3,(H,21,22)/t11-/m1/s1. The molecule has 0 fully saturated rings. The van der Waals surface area contributed by atoms with Gasteiger partial charge in [0.15, 0.2) is 0 Å². The normalized spacial score (nSPS) is 12.5. The second-order valence-corrected chi connectivity index (χ2v) is 6.42. The Hall–Kier alpha value is -2.15. The number of thioether (sulfide) groups is 1. The molecule has 0 saturated heterocycles. The summed E-state index contributed by atoms with van der Waals surface area (Å²) in [7, 11) is 1.52. The Morgan fingerprint density at radius 3 is 2.54 bits per heavy atom. The van der Waals surface area contributed by atoms with Crippen molar-refractivity contribution in [2.75, 3.05) is 12.4 Å². The number of carbonyl (C=O) groups is 1. The van der Waals surface area contributed by atoms with Crippen molar-refractivity contribution >= 4 is 23.4 Å². The molecule has 0 aliphatic carbocycles. The number of methoxy groups -OCH3 is 1. The van der Waals surface area contributed by atoms with Crippen molar-refractivity contribution < 1.29 is 22.7 Å². The lowest BCUT2D eigenvalue weighted by Gasteiger charge is -2.14. The number of hydrogen-bond acceptors (Lipinski definition) is 3. The first-order valence-corrected chi connectivity index (χ1v) is 7.96. The maximum atomic E-state index is 12.7. The fraction of sp³-hybridized carbons (Fsp3) is 0.235. The molecule has 0 spiro atoms. The van der Waals surface area contributed by atoms with E-state index in [-0.39, 0.29) is 5.91 Å². The number of halogens is 3. The molecule has 0 radical (unpaired) electrons. The number of alkyl halides is 3. The lowest BCUT2D eigenvalue weighted by Crippen LogP contribution is -2.22. The summed E-state index contributed by atoms with van der Waals surface area (Å²) in [5, 5.41) is 2.16. The minimum atomic E-state index is -4.40. The van der Waals surface area contributed by atoms with Crippen molar-refractivity contribution in [3.8, 4) is 5.75 Å². The van der Waals surface area contributed by atoms with Gasteiger partial charge in [0, 0.05) is 16.6 Å². The van der Waals surface area contributed by atoms with E-state index in [1.165, 1.54) is 13.2 Å². The molecule has 3 nitrogen and oxygen atoms in total. The molecule has 7 heteroatoms. The van der Waals surface area contributed by atoms with Crippen LogP contribution in [0.5, 0.6) is 5.75 Å². The van der Waals surface area contributed by atoms with E-state index in [1.807, 2.05) is 0 Å². The number of hydrogen-bond donors (Lipinski definition) is 1. The Bertz CT molecular complexity index is 719. The minimum absolute atomic E-state index is 0.300. The number of nitrogens with one attached hydrogen (secondary N) is 1. The van der Waals surface area contributed by atoms with Gasteiger partial charge in [0.05, 0.1) is 17.9 Å². The Kier molecular flexibility index (Phi) is 5.77. The molecule has 2 rings (SSSR count). The van der Waals surface area contributed by atoms with Gasteiger partial charge in [-0.1, -0.05) is 12.1 Å². The van der Waals surface area contributed by atoms with E-state index in [9.17, 15) is 18.0 Å². The number of amides is 1. The van der Waals surface area contributed by atoms with E-state index < -0.39 is 17.0 Å². The van der Waals surface area contributed by atoms with Crippen LogP contribution in [0.25, 0.3) is 0 Å². The highest BCUT2D eigenvalue weighted by atomic mass is 32.2. The van der Waals surface area contributed by atoms with Gasteiger partial charge in [-0.3, -0.25) is 4.79 Å². The zero-order valence-electron chi connectivity index (χ0n) is 13.1. The van der Waals surface area contributed by atoms with E-state index >= 15 is 0 Å². The van der Waals surface area contributed by atoms with Crippen molar-refractivity contribution in [3.05, 3.63) is 54.1 Å². The van der Waals surface area contributed by atoms with Gasteiger partial charge in [0.1, 0.15) is 5.75 Å². The topological polar surface area (TPSA) is 38.3 Å². The summed E-state index contributed by atoms with van der Waals surface area (Å²) >= 11 is 1.07. The fourth-order valence-corrected chi connectivity index (χ4v) is 2.87. The predicted octanol–water partition coefficient (Wildman–Crippen LogP) is 4.83. The number of anilines is 1. The highest BCUT2D eigenvalue weighted by Gasteiger charge is 2.30. The van der Waals surface area contributed by atoms with Gasteiger partial charge >= 0.3 is 6.18 Å². The van der Waals surface area contributed by atoms with Crippen LogP contribution in [0.2, 0.25) is 0 Å². The van der Waals surface area contributed by atoms with Gasteiger partial charge in [0.2, 0.25) is 5.91 Å². The van der Waals surface area contributed by atoms with Gasteiger partial charge in [-0.05, 0) is 37.3 Å². The van der Waals surface area contributed by atoms with Crippen molar-refractivity contribution in [1.82, 2.24) is 0 Å². The Labute approximate surface area is 142 Å². The minimum Gasteiger partial charge on any atom is -0.497 e. The summed E-state index contributed by atoms with van der Waals surface area (Å²) in [6.45, 7) is 1.64. The summed E-state index contributed by atoms with van der Waals surface area (Å²) < 4.78 is 43.2. The largest absolute Gasteiger partial charge is 0.497 e. The summed E-state index contributed by atoms with van der Waals surface area (Å²) in [6.07, 6.45) is -4.40. The van der Waals surface area contributed by atoms with Crippen LogP contribution in [0.15, 0.2) is 53.4 Å². The quantitative estimate of drug-likeness (QED) is 0.781. The summed E-state index contributed by atoms with van der Waals surface area (Å²) in [6, 6.07) is 11.8. The van der Waals surface area contributed by atoms with E-state index in [0.717, 1.165) is 23.9 Å². The lowest BCUT2D eigenvalue weighted by molar-refractivity contribution is -0.137. The molecule has 0 aliphatic rings. The Morgan fingerprint density at radius 1 is 1.17 bits per heavy atom. The van der Waals surface area contributed by atoms with Crippen LogP contribution in [0.4, 0.5) is 18.9 Å². The first kappa shape index (κ1) is 18.2. The predicted molar refractivity (Wildman–Crippen MR) is 88.4 cm³/mol. The number of ether oxygens (including phenoxy) is 1. The molecule has 1 amide bonds. The van der Waals surface area contributed by atoms with Crippen LogP contribution >= 0.6 is 11.8 Å². The molecule has 128 valence electrons. The van der Waals surface area contributed by atoms with Crippen LogP contribution in [0, 0.1) is 0 Å². The molecule has 0 aromatic heterocycles. The molecule has 0 unspecified atom stereocenters. The molecule has 24 heavy (non-hydrogen) atoms. The van der Waals surface area contributed by atoms with Crippen molar-refractivity contribution in [1.29, 1.82) is 0 Å². The number of benzene rings is 2. The molecule has 0 saturated carbocycles. The van der Waals surface area contributed by atoms with E-state index in [0.29, 0.717) is 16.3 Å². The van der Waals surface area contributed by atoms with Gasteiger partial charge in [-0.25, -0.2) is 0 Å². The maximum absolute atomic E-state index is 12.7. The zero-order valence-corrected chi connectivity index (χ0v) is 13.9. The molecule has 2 aromatic rings. The molecule has 0 bridgehead atoms. The van der Waals surface area contributed by atoms with Gasteiger partial charge in [-0.15, -0.1) is 11.8 Å². The smallest absolute Gasteiger partial charge is 0.416 e. The Morgan fingerprint density at radius 2 is 1.88 bits per heavy atom.